The van der Waals surface area contributed by atoms with Gasteiger partial charge in [-0.15, -0.1) is 0 Å². The Morgan fingerprint density at radius 3 is 2.75 bits per heavy atom. The average Bonchev–Trinajstić information content (AvgIpc) is 2.85. The highest BCUT2D eigenvalue weighted by molar-refractivity contribution is 7.84. The maximum atomic E-state index is 11.4. The predicted octanol–water partition coefficient (Wildman–Crippen LogP) is 1.46. The van der Waals surface area contributed by atoms with E-state index in [1.54, 1.807) is 6.26 Å². The molecule has 20 heavy (non-hydrogen) atoms. The minimum absolute atomic E-state index is 0.148. The van der Waals surface area contributed by atoms with Gasteiger partial charge in [-0.25, -0.2) is 4.98 Å². The molecular formula is C13H23N5OS. The molecule has 0 bridgehead atoms. The summed E-state index contributed by atoms with van der Waals surface area (Å²) in [5.41, 5.74) is 8.89. The van der Waals surface area contributed by atoms with Gasteiger partial charge in [-0.2, -0.15) is 5.10 Å². The van der Waals surface area contributed by atoms with E-state index in [0.29, 0.717) is 12.5 Å². The highest BCUT2D eigenvalue weighted by atomic mass is 32.2. The zero-order chi connectivity index (χ0) is 14.9. The quantitative estimate of drug-likeness (QED) is 0.875. The molecule has 0 fully saturated rings. The third kappa shape index (κ3) is 2.72. The molecule has 2 aromatic rings. The van der Waals surface area contributed by atoms with Crippen LogP contribution < -0.4 is 5.73 Å². The summed E-state index contributed by atoms with van der Waals surface area (Å²) in [6, 6.07) is 0. The molecule has 2 unspecified atom stereocenters. The molecule has 2 heterocycles. The summed E-state index contributed by atoms with van der Waals surface area (Å²) in [5, 5.41) is 4.67. The molecule has 0 saturated carbocycles. The van der Waals surface area contributed by atoms with Crippen molar-refractivity contribution in [3.63, 3.8) is 0 Å². The Morgan fingerprint density at radius 1 is 1.45 bits per heavy atom. The molecule has 7 heteroatoms. The van der Waals surface area contributed by atoms with Gasteiger partial charge >= 0.3 is 0 Å². The number of nitrogen functional groups attached to an aromatic ring is 1. The highest BCUT2D eigenvalue weighted by Crippen LogP contribution is 2.22. The van der Waals surface area contributed by atoms with E-state index in [9.17, 15) is 4.21 Å². The van der Waals surface area contributed by atoms with Crippen LogP contribution in [0.3, 0.4) is 0 Å². The van der Waals surface area contributed by atoms with Crippen molar-refractivity contribution in [2.45, 2.75) is 44.9 Å². The van der Waals surface area contributed by atoms with E-state index in [4.69, 9.17) is 5.73 Å². The zero-order valence-corrected chi connectivity index (χ0v) is 13.4. The first-order valence-corrected chi connectivity index (χ1v) is 8.57. The summed E-state index contributed by atoms with van der Waals surface area (Å²) in [6.45, 7) is 4.83. The summed E-state index contributed by atoms with van der Waals surface area (Å²) in [7, 11) is 1.10. The van der Waals surface area contributed by atoms with Crippen LogP contribution in [-0.2, 0) is 30.8 Å². The van der Waals surface area contributed by atoms with Crippen LogP contribution in [0.5, 0.6) is 0 Å². The van der Waals surface area contributed by atoms with Crippen LogP contribution in [0.25, 0.3) is 11.2 Å². The third-order valence-electron chi connectivity index (χ3n) is 3.63. The van der Waals surface area contributed by atoms with Gasteiger partial charge in [-0.05, 0) is 12.8 Å². The number of nitrogens with zero attached hydrogens (tertiary/aromatic N) is 4. The number of aromatic nitrogens is 4. The van der Waals surface area contributed by atoms with E-state index >= 15 is 0 Å². The lowest BCUT2D eigenvalue weighted by Crippen LogP contribution is -2.15. The third-order valence-corrected chi connectivity index (χ3v) is 5.00. The molecule has 2 rings (SSSR count). The standard InChI is InChI=1S/C13H23N5OS/c1-5-6-10-11-12(17(3)16-10)18(13(14)15-11)8-7-9(2)20(4)19/h9H,5-8H2,1-4H3,(H2,14,15). The molecule has 2 atom stereocenters. The number of anilines is 1. The molecule has 0 amide bonds. The maximum absolute atomic E-state index is 11.4. The van der Waals surface area contributed by atoms with Crippen LogP contribution >= 0.6 is 0 Å². The van der Waals surface area contributed by atoms with Crippen LogP contribution in [0.2, 0.25) is 0 Å². The number of hydrogen-bond acceptors (Lipinski definition) is 4. The lowest BCUT2D eigenvalue weighted by atomic mass is 10.2. The van der Waals surface area contributed by atoms with E-state index in [1.807, 2.05) is 23.2 Å². The topological polar surface area (TPSA) is 78.7 Å². The number of aryl methyl sites for hydroxylation is 3. The van der Waals surface area contributed by atoms with Gasteiger partial charge in [0.05, 0.1) is 5.69 Å². The minimum atomic E-state index is -0.812. The van der Waals surface area contributed by atoms with Crippen molar-refractivity contribution in [1.82, 2.24) is 19.3 Å². The van der Waals surface area contributed by atoms with Gasteiger partial charge in [0.2, 0.25) is 5.95 Å². The molecule has 0 spiro atoms. The van der Waals surface area contributed by atoms with Crippen molar-refractivity contribution in [2.24, 2.45) is 7.05 Å². The number of fused-ring (bicyclic) bond motifs is 1. The van der Waals surface area contributed by atoms with E-state index in [1.165, 1.54) is 0 Å². The Morgan fingerprint density at radius 2 is 2.15 bits per heavy atom. The van der Waals surface area contributed by atoms with Gasteiger partial charge in [0.25, 0.3) is 0 Å². The van der Waals surface area contributed by atoms with Crippen LogP contribution in [-0.4, -0.2) is 35.0 Å². The number of imidazole rings is 1. The summed E-state index contributed by atoms with van der Waals surface area (Å²) in [6.07, 6.45) is 4.49. The Hall–Kier alpha value is -1.37. The largest absolute Gasteiger partial charge is 0.369 e. The second-order valence-corrected chi connectivity index (χ2v) is 7.01. The van der Waals surface area contributed by atoms with Crippen LogP contribution in [0.1, 0.15) is 32.4 Å². The fourth-order valence-electron chi connectivity index (χ4n) is 2.36. The van der Waals surface area contributed by atoms with Crippen molar-refractivity contribution in [1.29, 1.82) is 0 Å². The average molecular weight is 297 g/mol. The van der Waals surface area contributed by atoms with Crippen molar-refractivity contribution < 1.29 is 4.21 Å². The summed E-state index contributed by atoms with van der Waals surface area (Å²) in [4.78, 5) is 4.46. The van der Waals surface area contributed by atoms with Gasteiger partial charge < -0.3 is 5.73 Å². The van der Waals surface area contributed by atoms with Crippen LogP contribution in [0.4, 0.5) is 5.95 Å². The van der Waals surface area contributed by atoms with Gasteiger partial charge in [-0.3, -0.25) is 13.5 Å². The van der Waals surface area contributed by atoms with Crippen molar-refractivity contribution >= 4 is 27.9 Å². The van der Waals surface area contributed by atoms with Gasteiger partial charge in [0, 0.05) is 35.9 Å². The molecule has 2 aromatic heterocycles. The van der Waals surface area contributed by atoms with Gasteiger partial charge in [0.15, 0.2) is 5.65 Å². The zero-order valence-electron chi connectivity index (χ0n) is 12.6. The van der Waals surface area contributed by atoms with Crippen LogP contribution in [0.15, 0.2) is 0 Å². The first kappa shape index (κ1) is 15.0. The lowest BCUT2D eigenvalue weighted by molar-refractivity contribution is 0.619. The second kappa shape index (κ2) is 5.95. The highest BCUT2D eigenvalue weighted by Gasteiger charge is 2.18. The molecule has 112 valence electrons. The molecule has 6 nitrogen and oxygen atoms in total. The van der Waals surface area contributed by atoms with E-state index < -0.39 is 10.8 Å². The van der Waals surface area contributed by atoms with E-state index in [-0.39, 0.29) is 5.25 Å². The minimum Gasteiger partial charge on any atom is -0.369 e. The smallest absolute Gasteiger partial charge is 0.202 e. The summed E-state index contributed by atoms with van der Waals surface area (Å²) >= 11 is 0. The molecule has 0 radical (unpaired) electrons. The normalized spacial score (nSPS) is 14.8. The van der Waals surface area contributed by atoms with Gasteiger partial charge in [0.1, 0.15) is 5.52 Å². The first-order chi connectivity index (χ1) is 9.45. The molecule has 0 aliphatic rings. The van der Waals surface area contributed by atoms with E-state index in [2.05, 4.69) is 17.0 Å². The van der Waals surface area contributed by atoms with Crippen molar-refractivity contribution in [2.75, 3.05) is 12.0 Å². The SMILES string of the molecule is CCCc1nn(C)c2c1nc(N)n2CCC(C)S(C)=O. The second-order valence-electron chi connectivity index (χ2n) is 5.21. The molecule has 0 aliphatic heterocycles. The Balaban J connectivity index is 2.33. The lowest BCUT2D eigenvalue weighted by Gasteiger charge is -2.10. The molecule has 2 N–H and O–H groups in total. The van der Waals surface area contributed by atoms with Crippen molar-refractivity contribution in [3.8, 4) is 0 Å². The fraction of sp³-hybridized carbons (Fsp3) is 0.692. The van der Waals surface area contributed by atoms with E-state index in [0.717, 1.165) is 36.1 Å². The predicted molar refractivity (Wildman–Crippen MR) is 83.1 cm³/mol. The Labute approximate surface area is 121 Å². The summed E-state index contributed by atoms with van der Waals surface area (Å²) in [5.74, 6) is 0.513. The Bertz CT molecular complexity index is 630. The maximum Gasteiger partial charge on any atom is 0.202 e. The molecule has 0 aliphatic carbocycles. The summed E-state index contributed by atoms with van der Waals surface area (Å²) < 4.78 is 15.3. The number of hydrogen-bond donors (Lipinski definition) is 1. The molecule has 0 aromatic carbocycles. The Kier molecular flexibility index (Phi) is 4.47. The van der Waals surface area contributed by atoms with Gasteiger partial charge in [-0.1, -0.05) is 20.3 Å². The van der Waals surface area contributed by atoms with Crippen LogP contribution in [0, 0.1) is 0 Å². The monoisotopic (exact) mass is 297 g/mol. The number of nitrogens with two attached hydrogens (primary N) is 1. The van der Waals surface area contributed by atoms with Crippen molar-refractivity contribution in [3.05, 3.63) is 5.69 Å². The fourth-order valence-corrected chi connectivity index (χ4v) is 2.80. The number of rotatable bonds is 6. The molecule has 0 saturated heterocycles. The first-order valence-electron chi connectivity index (χ1n) is 6.95. The molecular weight excluding hydrogens is 274 g/mol.